The number of rotatable bonds is 9. The Labute approximate surface area is 321 Å². The molecule has 2 heterocycles. The summed E-state index contributed by atoms with van der Waals surface area (Å²) in [7, 11) is 0. The average Bonchev–Trinajstić information content (AvgIpc) is 3.57. The standard InChI is InChI=1S/C50H37N3S/c1-3-17-36(4-2)38-28-32-42(33-29-38)51(43-34-30-39(31-35-43)37-18-8-5-9-19-37)46-26-16-27-47-49(46)54-48-44-24-14-15-25-45(44)52(40-20-10-6-11-21-40)50(48)53(47)41-22-12-7-13-23-41/h3-35H,1-2H2/b36-17+. The van der Waals surface area contributed by atoms with Crippen LogP contribution in [0, 0.1) is 0 Å². The van der Waals surface area contributed by atoms with Crippen molar-refractivity contribution in [3.8, 4) is 16.8 Å². The van der Waals surface area contributed by atoms with E-state index < -0.39 is 0 Å². The minimum absolute atomic E-state index is 1.03. The molecule has 3 nitrogen and oxygen atoms in total. The number of para-hydroxylation sites is 3. The van der Waals surface area contributed by atoms with Crippen molar-refractivity contribution in [2.75, 3.05) is 9.80 Å². The fraction of sp³-hybridized carbons (Fsp3) is 0. The maximum atomic E-state index is 4.05. The number of hydrogen-bond acceptors (Lipinski definition) is 3. The molecule has 8 aromatic rings. The second kappa shape index (κ2) is 14.3. The molecule has 0 aliphatic carbocycles. The lowest BCUT2D eigenvalue weighted by Crippen LogP contribution is -2.20. The number of nitrogens with zero attached hydrogens (tertiary/aromatic N) is 3. The number of allylic oxidation sites excluding steroid dienone is 4. The monoisotopic (exact) mass is 711 g/mol. The van der Waals surface area contributed by atoms with Crippen LogP contribution in [0.5, 0.6) is 0 Å². The molecule has 0 N–H and O–H groups in total. The molecule has 54 heavy (non-hydrogen) atoms. The maximum absolute atomic E-state index is 4.05. The van der Waals surface area contributed by atoms with Gasteiger partial charge in [0.25, 0.3) is 0 Å². The van der Waals surface area contributed by atoms with Gasteiger partial charge in [0.1, 0.15) is 5.82 Å². The van der Waals surface area contributed by atoms with Gasteiger partial charge >= 0.3 is 0 Å². The van der Waals surface area contributed by atoms with Crippen LogP contribution in [0.25, 0.3) is 33.3 Å². The molecular weight excluding hydrogens is 675 g/mol. The third kappa shape index (κ3) is 5.83. The Balaban J connectivity index is 1.27. The number of benzene rings is 7. The Kier molecular flexibility index (Phi) is 8.80. The van der Waals surface area contributed by atoms with Gasteiger partial charge in [0, 0.05) is 28.1 Å². The lowest BCUT2D eigenvalue weighted by atomic mass is 10.0. The van der Waals surface area contributed by atoms with Gasteiger partial charge in [0.15, 0.2) is 0 Å². The van der Waals surface area contributed by atoms with Crippen molar-refractivity contribution in [2.24, 2.45) is 0 Å². The summed E-state index contributed by atoms with van der Waals surface area (Å²) in [5, 5.41) is 1.22. The van der Waals surface area contributed by atoms with E-state index in [-0.39, 0.29) is 0 Å². The van der Waals surface area contributed by atoms with E-state index in [0.29, 0.717) is 0 Å². The molecule has 1 aliphatic heterocycles. The normalized spacial score (nSPS) is 12.2. The van der Waals surface area contributed by atoms with Crippen LogP contribution in [0.4, 0.5) is 34.3 Å². The fourth-order valence-electron chi connectivity index (χ4n) is 7.43. The molecule has 0 saturated carbocycles. The first-order chi connectivity index (χ1) is 26.7. The highest BCUT2D eigenvalue weighted by Gasteiger charge is 2.34. The highest BCUT2D eigenvalue weighted by atomic mass is 32.2. The molecule has 0 fully saturated rings. The van der Waals surface area contributed by atoms with Gasteiger partial charge in [-0.15, -0.1) is 0 Å². The highest BCUT2D eigenvalue weighted by molar-refractivity contribution is 8.00. The van der Waals surface area contributed by atoms with Gasteiger partial charge in [-0.05, 0) is 89.0 Å². The van der Waals surface area contributed by atoms with Crippen molar-refractivity contribution in [1.82, 2.24) is 4.57 Å². The van der Waals surface area contributed by atoms with E-state index in [1.54, 1.807) is 6.08 Å². The van der Waals surface area contributed by atoms with Crippen LogP contribution in [-0.2, 0) is 0 Å². The molecule has 0 saturated heterocycles. The first-order valence-electron chi connectivity index (χ1n) is 18.1. The minimum atomic E-state index is 1.03. The summed E-state index contributed by atoms with van der Waals surface area (Å²) in [6, 6.07) is 65.1. The molecular formula is C50H37N3S. The molecule has 7 aromatic carbocycles. The van der Waals surface area contributed by atoms with E-state index in [1.807, 2.05) is 23.9 Å². The number of aromatic nitrogens is 1. The largest absolute Gasteiger partial charge is 0.309 e. The molecule has 9 rings (SSSR count). The predicted octanol–water partition coefficient (Wildman–Crippen LogP) is 14.5. The molecule has 1 aliphatic rings. The van der Waals surface area contributed by atoms with Gasteiger partial charge in [-0.2, -0.15) is 0 Å². The van der Waals surface area contributed by atoms with Crippen molar-refractivity contribution in [3.05, 3.63) is 219 Å². The van der Waals surface area contributed by atoms with E-state index in [4.69, 9.17) is 0 Å². The zero-order valence-corrected chi connectivity index (χ0v) is 30.5. The molecule has 0 atom stereocenters. The highest BCUT2D eigenvalue weighted by Crippen LogP contribution is 2.59. The number of hydrogen-bond donors (Lipinski definition) is 0. The molecule has 0 amide bonds. The zero-order valence-electron chi connectivity index (χ0n) is 29.7. The van der Waals surface area contributed by atoms with Gasteiger partial charge in [0.05, 0.1) is 26.7 Å². The Morgan fingerprint density at radius 3 is 1.80 bits per heavy atom. The van der Waals surface area contributed by atoms with E-state index in [1.165, 1.54) is 31.8 Å². The summed E-state index contributed by atoms with van der Waals surface area (Å²) in [6.07, 6.45) is 5.68. The topological polar surface area (TPSA) is 11.4 Å². The molecule has 1 aromatic heterocycles. The van der Waals surface area contributed by atoms with Crippen LogP contribution in [-0.4, -0.2) is 4.57 Å². The van der Waals surface area contributed by atoms with E-state index in [0.717, 1.165) is 51.1 Å². The predicted molar refractivity (Wildman–Crippen MR) is 231 cm³/mol. The number of fused-ring (bicyclic) bond motifs is 4. The summed E-state index contributed by atoms with van der Waals surface area (Å²) in [5.74, 6) is 1.14. The quantitative estimate of drug-likeness (QED) is 0.138. The van der Waals surface area contributed by atoms with Crippen molar-refractivity contribution in [3.63, 3.8) is 0 Å². The van der Waals surface area contributed by atoms with E-state index in [9.17, 15) is 0 Å². The summed E-state index contributed by atoms with van der Waals surface area (Å²) in [6.45, 7) is 7.96. The first kappa shape index (κ1) is 33.1. The van der Waals surface area contributed by atoms with Crippen molar-refractivity contribution < 1.29 is 0 Å². The van der Waals surface area contributed by atoms with Crippen molar-refractivity contribution >= 4 is 62.5 Å². The lowest BCUT2D eigenvalue weighted by molar-refractivity contribution is 1.03. The first-order valence-corrected chi connectivity index (χ1v) is 18.9. The minimum Gasteiger partial charge on any atom is -0.309 e. The molecule has 258 valence electrons. The Morgan fingerprint density at radius 1 is 0.537 bits per heavy atom. The van der Waals surface area contributed by atoms with Crippen LogP contribution >= 0.6 is 11.8 Å². The van der Waals surface area contributed by atoms with Crippen LogP contribution in [0.15, 0.2) is 223 Å². The van der Waals surface area contributed by atoms with Gasteiger partial charge in [-0.25, -0.2) is 0 Å². The second-order valence-corrected chi connectivity index (χ2v) is 14.1. The van der Waals surface area contributed by atoms with Crippen LogP contribution < -0.4 is 9.80 Å². The van der Waals surface area contributed by atoms with E-state index in [2.05, 4.69) is 210 Å². The maximum Gasteiger partial charge on any atom is 0.137 e. The van der Waals surface area contributed by atoms with Crippen molar-refractivity contribution in [2.45, 2.75) is 9.79 Å². The molecule has 0 bridgehead atoms. The summed E-state index contributed by atoms with van der Waals surface area (Å²) >= 11 is 1.85. The van der Waals surface area contributed by atoms with Gasteiger partial charge in [-0.1, -0.05) is 158 Å². The SMILES string of the molecule is C=C/C=C(\C=C)c1ccc(N(c2ccc(-c3ccccc3)cc2)c2cccc3c2Sc2c(n(-c4ccccc4)c4ccccc24)N3c2ccccc2)cc1. The third-order valence-electron chi connectivity index (χ3n) is 9.91. The van der Waals surface area contributed by atoms with Crippen LogP contribution in [0.2, 0.25) is 0 Å². The third-order valence-corrected chi connectivity index (χ3v) is 11.1. The molecule has 0 radical (unpaired) electrons. The van der Waals surface area contributed by atoms with Gasteiger partial charge in [-0.3, -0.25) is 9.47 Å². The summed E-state index contributed by atoms with van der Waals surface area (Å²) < 4.78 is 2.41. The summed E-state index contributed by atoms with van der Waals surface area (Å²) in [5.41, 5.74) is 12.3. The van der Waals surface area contributed by atoms with Crippen molar-refractivity contribution in [1.29, 1.82) is 0 Å². The fourth-order valence-corrected chi connectivity index (χ4v) is 8.72. The Bertz CT molecular complexity index is 2640. The summed E-state index contributed by atoms with van der Waals surface area (Å²) in [4.78, 5) is 7.23. The van der Waals surface area contributed by atoms with Gasteiger partial charge in [0.2, 0.25) is 0 Å². The average molecular weight is 712 g/mol. The van der Waals surface area contributed by atoms with Crippen LogP contribution in [0.1, 0.15) is 5.56 Å². The van der Waals surface area contributed by atoms with Crippen LogP contribution in [0.3, 0.4) is 0 Å². The van der Waals surface area contributed by atoms with E-state index >= 15 is 0 Å². The second-order valence-electron chi connectivity index (χ2n) is 13.1. The Morgan fingerprint density at radius 2 is 1.13 bits per heavy atom. The molecule has 0 unspecified atom stereocenters. The smallest absolute Gasteiger partial charge is 0.137 e. The lowest BCUT2D eigenvalue weighted by Gasteiger charge is -2.36. The molecule has 4 heteroatoms. The zero-order chi connectivity index (χ0) is 36.4. The number of anilines is 6. The Hall–Kier alpha value is -6.75. The van der Waals surface area contributed by atoms with Gasteiger partial charge < -0.3 is 4.90 Å². The molecule has 0 spiro atoms.